The maximum Gasteiger partial charge on any atom is 0.323 e. The number of ether oxygens (including phenoxy) is 1. The summed E-state index contributed by atoms with van der Waals surface area (Å²) in [6.07, 6.45) is -2.53. The van der Waals surface area contributed by atoms with E-state index in [1.807, 2.05) is 0 Å². The van der Waals surface area contributed by atoms with Crippen LogP contribution >= 0.6 is 0 Å². The second-order valence-corrected chi connectivity index (χ2v) is 6.33. The molecule has 1 fully saturated rings. The van der Waals surface area contributed by atoms with Gasteiger partial charge in [0.25, 0.3) is 6.43 Å². The fraction of sp³-hybridized carbons (Fsp3) is 0.278. The van der Waals surface area contributed by atoms with Crippen LogP contribution < -0.4 is 15.0 Å². The lowest BCUT2D eigenvalue weighted by atomic mass is 10.2. The van der Waals surface area contributed by atoms with Crippen LogP contribution in [0.15, 0.2) is 36.4 Å². The summed E-state index contributed by atoms with van der Waals surface area (Å²) in [7, 11) is 0. The highest BCUT2D eigenvalue weighted by Crippen LogP contribution is 2.22. The molecule has 29 heavy (non-hydrogen) atoms. The summed E-state index contributed by atoms with van der Waals surface area (Å²) in [5, 5.41) is 18.8. The van der Waals surface area contributed by atoms with E-state index >= 15 is 0 Å². The zero-order chi connectivity index (χ0) is 20.4. The molecule has 1 aliphatic heterocycles. The highest BCUT2D eigenvalue weighted by Gasteiger charge is 2.22. The molecule has 0 unspecified atom stereocenters. The third-order valence-electron chi connectivity index (χ3n) is 4.46. The summed E-state index contributed by atoms with van der Waals surface area (Å²) < 4.78 is 32.7. The van der Waals surface area contributed by atoms with E-state index in [1.54, 1.807) is 31.2 Å². The smallest absolute Gasteiger partial charge is 0.323 e. The van der Waals surface area contributed by atoms with Crippen molar-refractivity contribution in [3.63, 3.8) is 0 Å². The van der Waals surface area contributed by atoms with Gasteiger partial charge in [-0.05, 0) is 25.1 Å². The standard InChI is InChI=1S/C18H17F2N7O2/c1-11-14(27(25-22-11)13-4-2-12(3-5-13)17(19)20)10-29-16-7-6-15(23-24-16)26-9-8-21-18(26)28/h2-7,17H,8-10H2,1H3,(H,21,28). The van der Waals surface area contributed by atoms with E-state index in [4.69, 9.17) is 4.74 Å². The van der Waals surface area contributed by atoms with Crippen molar-refractivity contribution in [3.05, 3.63) is 53.3 Å². The number of nitrogens with one attached hydrogen (secondary N) is 1. The minimum Gasteiger partial charge on any atom is -0.470 e. The van der Waals surface area contributed by atoms with Crippen molar-refractivity contribution in [1.82, 2.24) is 30.5 Å². The van der Waals surface area contributed by atoms with Crippen molar-refractivity contribution in [2.45, 2.75) is 20.0 Å². The van der Waals surface area contributed by atoms with Gasteiger partial charge in [-0.15, -0.1) is 15.3 Å². The van der Waals surface area contributed by atoms with Crippen molar-refractivity contribution < 1.29 is 18.3 Å². The van der Waals surface area contributed by atoms with Crippen LogP contribution in [0.4, 0.5) is 19.4 Å². The highest BCUT2D eigenvalue weighted by molar-refractivity contribution is 5.92. The topological polar surface area (TPSA) is 98.1 Å². The van der Waals surface area contributed by atoms with Gasteiger partial charge in [0, 0.05) is 24.7 Å². The van der Waals surface area contributed by atoms with Gasteiger partial charge in [-0.3, -0.25) is 4.90 Å². The van der Waals surface area contributed by atoms with E-state index in [0.717, 1.165) is 0 Å². The molecule has 2 amide bonds. The summed E-state index contributed by atoms with van der Waals surface area (Å²) in [4.78, 5) is 13.2. The number of nitrogens with zero attached hydrogens (tertiary/aromatic N) is 6. The molecular formula is C18H17F2N7O2. The number of benzene rings is 1. The minimum absolute atomic E-state index is 0.0644. The Morgan fingerprint density at radius 2 is 1.93 bits per heavy atom. The molecule has 2 aromatic heterocycles. The van der Waals surface area contributed by atoms with Gasteiger partial charge in [-0.2, -0.15) is 0 Å². The molecule has 11 heteroatoms. The molecule has 1 N–H and O–H groups in total. The lowest BCUT2D eigenvalue weighted by molar-refractivity contribution is 0.151. The fourth-order valence-corrected chi connectivity index (χ4v) is 2.88. The van der Waals surface area contributed by atoms with Crippen LogP contribution in [-0.4, -0.2) is 44.3 Å². The molecule has 3 aromatic rings. The number of amides is 2. The van der Waals surface area contributed by atoms with Gasteiger partial charge >= 0.3 is 6.03 Å². The maximum atomic E-state index is 12.7. The van der Waals surface area contributed by atoms with Gasteiger partial charge in [0.2, 0.25) is 5.88 Å². The van der Waals surface area contributed by atoms with Crippen molar-refractivity contribution >= 4 is 11.8 Å². The molecule has 4 rings (SSSR count). The van der Waals surface area contributed by atoms with E-state index in [-0.39, 0.29) is 24.1 Å². The first-order chi connectivity index (χ1) is 14.0. The number of carbonyl (C=O) groups is 1. The summed E-state index contributed by atoms with van der Waals surface area (Å²) in [5.74, 6) is 0.711. The number of urea groups is 1. The number of halogens is 2. The lowest BCUT2D eigenvalue weighted by Crippen LogP contribution is -2.28. The average Bonchev–Trinajstić information content (AvgIpc) is 3.32. The zero-order valence-electron chi connectivity index (χ0n) is 15.4. The van der Waals surface area contributed by atoms with E-state index in [0.29, 0.717) is 36.0 Å². The molecule has 0 spiro atoms. The number of alkyl halides is 2. The number of aryl methyl sites for hydroxylation is 1. The lowest BCUT2D eigenvalue weighted by Gasteiger charge is -2.12. The normalized spacial score (nSPS) is 13.8. The predicted octanol–water partition coefficient (Wildman–Crippen LogP) is 2.41. The largest absolute Gasteiger partial charge is 0.470 e. The maximum absolute atomic E-state index is 12.7. The molecule has 150 valence electrons. The minimum atomic E-state index is -2.53. The Bertz CT molecular complexity index is 1010. The number of carbonyl (C=O) groups excluding carboxylic acids is 1. The molecule has 0 radical (unpaired) electrons. The number of aromatic nitrogens is 5. The first-order valence-electron chi connectivity index (χ1n) is 8.84. The summed E-state index contributed by atoms with van der Waals surface area (Å²) in [6.45, 7) is 2.97. The molecule has 9 nitrogen and oxygen atoms in total. The van der Waals surface area contributed by atoms with Gasteiger partial charge in [-0.1, -0.05) is 17.3 Å². The molecule has 3 heterocycles. The van der Waals surface area contributed by atoms with Crippen LogP contribution in [0.25, 0.3) is 5.69 Å². The monoisotopic (exact) mass is 401 g/mol. The van der Waals surface area contributed by atoms with Gasteiger partial charge < -0.3 is 10.1 Å². The van der Waals surface area contributed by atoms with Crippen LogP contribution in [0.3, 0.4) is 0 Å². The van der Waals surface area contributed by atoms with Crippen molar-refractivity contribution in [2.75, 3.05) is 18.0 Å². The molecule has 1 saturated heterocycles. The van der Waals surface area contributed by atoms with E-state index in [2.05, 4.69) is 25.8 Å². The number of hydrogen-bond acceptors (Lipinski definition) is 6. The Hall–Kier alpha value is -3.63. The third kappa shape index (κ3) is 3.84. The van der Waals surface area contributed by atoms with E-state index < -0.39 is 6.43 Å². The van der Waals surface area contributed by atoms with Crippen LogP contribution in [-0.2, 0) is 6.61 Å². The SMILES string of the molecule is Cc1nnn(-c2ccc(C(F)F)cc2)c1COc1ccc(N2CCNC2=O)nn1. The molecule has 0 bridgehead atoms. The first kappa shape index (κ1) is 18.7. The van der Waals surface area contributed by atoms with Gasteiger partial charge in [0.05, 0.1) is 11.4 Å². The Morgan fingerprint density at radius 3 is 2.55 bits per heavy atom. The highest BCUT2D eigenvalue weighted by atomic mass is 19.3. The van der Waals surface area contributed by atoms with Gasteiger partial charge in [0.15, 0.2) is 5.82 Å². The summed E-state index contributed by atoms with van der Waals surface area (Å²) in [5.41, 5.74) is 1.82. The van der Waals surface area contributed by atoms with Gasteiger partial charge in [0.1, 0.15) is 12.3 Å². The Labute approximate surface area is 164 Å². The molecular weight excluding hydrogens is 384 g/mol. The second kappa shape index (κ2) is 7.78. The zero-order valence-corrected chi connectivity index (χ0v) is 15.4. The van der Waals surface area contributed by atoms with Crippen LogP contribution in [0.5, 0.6) is 5.88 Å². The Kier molecular flexibility index (Phi) is 5.02. The van der Waals surface area contributed by atoms with E-state index in [9.17, 15) is 13.6 Å². The number of hydrogen-bond donors (Lipinski definition) is 1. The summed E-state index contributed by atoms with van der Waals surface area (Å²) >= 11 is 0. The number of rotatable bonds is 6. The molecule has 0 aliphatic carbocycles. The molecule has 1 aliphatic rings. The van der Waals surface area contributed by atoms with E-state index in [1.165, 1.54) is 21.7 Å². The summed E-state index contributed by atoms with van der Waals surface area (Å²) in [6, 6.07) is 8.86. The van der Waals surface area contributed by atoms with Gasteiger partial charge in [-0.25, -0.2) is 18.3 Å². The van der Waals surface area contributed by atoms with Crippen molar-refractivity contribution in [3.8, 4) is 11.6 Å². The third-order valence-corrected chi connectivity index (χ3v) is 4.46. The predicted molar refractivity (Wildman–Crippen MR) is 98.2 cm³/mol. The fourth-order valence-electron chi connectivity index (χ4n) is 2.88. The first-order valence-corrected chi connectivity index (χ1v) is 8.84. The van der Waals surface area contributed by atoms with Crippen molar-refractivity contribution in [2.24, 2.45) is 0 Å². The molecule has 1 aromatic carbocycles. The van der Waals surface area contributed by atoms with Crippen LogP contribution in [0.2, 0.25) is 0 Å². The quantitative estimate of drug-likeness (QED) is 0.681. The Morgan fingerprint density at radius 1 is 1.14 bits per heavy atom. The second-order valence-electron chi connectivity index (χ2n) is 6.33. The van der Waals surface area contributed by atoms with Crippen LogP contribution in [0.1, 0.15) is 23.4 Å². The number of anilines is 1. The molecule has 0 atom stereocenters. The molecule has 0 saturated carbocycles. The van der Waals surface area contributed by atoms with Crippen LogP contribution in [0, 0.1) is 6.92 Å². The van der Waals surface area contributed by atoms with Crippen molar-refractivity contribution in [1.29, 1.82) is 0 Å². The Balaban J connectivity index is 1.47. The average molecular weight is 401 g/mol.